The first-order chi connectivity index (χ1) is 37.1. The van der Waals surface area contributed by atoms with Crippen LogP contribution in [0.4, 0.5) is 56.9 Å². The number of benzene rings is 7. The lowest BCUT2D eigenvalue weighted by Crippen LogP contribution is -2.29. The molecule has 0 saturated heterocycles. The molecule has 17 nitrogen and oxygen atoms in total. The van der Waals surface area contributed by atoms with Gasteiger partial charge < -0.3 is 40.6 Å². The number of hydrogen-bond acceptors (Lipinski definition) is 11. The van der Waals surface area contributed by atoms with E-state index >= 15 is 0 Å². The lowest BCUT2D eigenvalue weighted by molar-refractivity contribution is -0.167. The van der Waals surface area contributed by atoms with Crippen molar-refractivity contribution in [2.45, 2.75) is 44.1 Å². The molecule has 6 amide bonds. The molecule has 0 unspecified atom stereocenters. The summed E-state index contributed by atoms with van der Waals surface area (Å²) in [5.41, 5.74) is 4.50. The number of thioether (sulfide) groups is 1. The maximum absolute atomic E-state index is 12.4. The first-order valence-electron chi connectivity index (χ1n) is 23.3. The van der Waals surface area contributed by atoms with Crippen molar-refractivity contribution >= 4 is 87.7 Å². The number of carbonyl (C=O) groups excluding carboxylic acids is 6. The molecule has 21 heteroatoms. The molecule has 0 saturated carbocycles. The summed E-state index contributed by atoms with van der Waals surface area (Å²) in [6.45, 7) is 5.76. The SMILES string of the molecule is COC(=O)c1cccc(C(=O)Nc2ccc(NC(=O)OC(C)(C)C)cc2)c1.CSc1ccccc1C(=O)Nc1ccc(NC(=O)C(F)(F)F)cc1.O=C(O)Nc1ccc(NC(=O)c2cccc(OCc3ccccc3)c2)cc1. The molecule has 78 heavy (non-hydrogen) atoms. The largest absolute Gasteiger partial charge is 0.489 e. The highest BCUT2D eigenvalue weighted by Gasteiger charge is 2.38. The topological polar surface area (TPSA) is 240 Å². The second kappa shape index (κ2) is 28.3. The van der Waals surface area contributed by atoms with Gasteiger partial charge in [0, 0.05) is 50.1 Å². The third kappa shape index (κ3) is 19.9. The van der Waals surface area contributed by atoms with E-state index in [2.05, 4.69) is 31.3 Å². The summed E-state index contributed by atoms with van der Waals surface area (Å²) in [6, 6.07) is 48.3. The van der Waals surface area contributed by atoms with Crippen LogP contribution in [-0.2, 0) is 20.9 Å². The average molecular weight is 1090 g/mol. The highest BCUT2D eigenvalue weighted by atomic mass is 32.2. The van der Waals surface area contributed by atoms with E-state index in [9.17, 15) is 46.7 Å². The summed E-state index contributed by atoms with van der Waals surface area (Å²) < 4.78 is 52.1. The molecule has 0 aliphatic heterocycles. The molecule has 0 atom stereocenters. The van der Waals surface area contributed by atoms with Crippen molar-refractivity contribution in [3.8, 4) is 5.75 Å². The van der Waals surface area contributed by atoms with Crippen LogP contribution in [0.3, 0.4) is 0 Å². The molecule has 0 aromatic heterocycles. The molecular weight excluding hydrogens is 1030 g/mol. The number of esters is 1. The lowest BCUT2D eigenvalue weighted by atomic mass is 10.1. The fourth-order valence-corrected chi connectivity index (χ4v) is 7.06. The summed E-state index contributed by atoms with van der Waals surface area (Å²) in [6.07, 6.45) is -4.79. The quantitative estimate of drug-likeness (QED) is 0.0398. The van der Waals surface area contributed by atoms with E-state index in [0.717, 1.165) is 10.5 Å². The fraction of sp³-hybridized carbons (Fsp3) is 0.140. The van der Waals surface area contributed by atoms with Crippen LogP contribution in [0, 0.1) is 0 Å². The predicted molar refractivity (Wildman–Crippen MR) is 293 cm³/mol. The van der Waals surface area contributed by atoms with Crippen LogP contribution in [0.2, 0.25) is 0 Å². The Bertz CT molecular complexity index is 3190. The number of rotatable bonds is 14. The summed E-state index contributed by atoms with van der Waals surface area (Å²) >= 11 is 1.43. The van der Waals surface area contributed by atoms with Crippen LogP contribution in [0.25, 0.3) is 0 Å². The maximum Gasteiger partial charge on any atom is 0.471 e. The summed E-state index contributed by atoms with van der Waals surface area (Å²) in [7, 11) is 1.28. The van der Waals surface area contributed by atoms with Crippen molar-refractivity contribution in [3.63, 3.8) is 0 Å². The molecule has 0 aliphatic carbocycles. The number of nitrogens with one attached hydrogen (secondary N) is 6. The minimum absolute atomic E-state index is 0.0140. The molecular formula is C57H53F3N6O11S. The highest BCUT2D eigenvalue weighted by Crippen LogP contribution is 2.24. The molecule has 0 radical (unpaired) electrons. The molecule has 0 fully saturated rings. The molecule has 7 rings (SSSR count). The maximum atomic E-state index is 12.4. The Morgan fingerprint density at radius 1 is 0.513 bits per heavy atom. The monoisotopic (exact) mass is 1090 g/mol. The summed E-state index contributed by atoms with van der Waals surface area (Å²) in [5, 5.41) is 23.4. The van der Waals surface area contributed by atoms with Gasteiger partial charge in [0.25, 0.3) is 17.7 Å². The average Bonchev–Trinajstić information content (AvgIpc) is 3.41. The van der Waals surface area contributed by atoms with Gasteiger partial charge in [0.2, 0.25) is 0 Å². The molecule has 7 aromatic rings. The van der Waals surface area contributed by atoms with E-state index < -0.39 is 35.8 Å². The number of carboxylic acid groups (broad SMARTS) is 1. The third-order valence-electron chi connectivity index (χ3n) is 10.1. The zero-order valence-electron chi connectivity index (χ0n) is 42.5. The number of hydrogen-bond donors (Lipinski definition) is 7. The summed E-state index contributed by atoms with van der Waals surface area (Å²) in [5.74, 6) is -2.93. The van der Waals surface area contributed by atoms with Gasteiger partial charge in [-0.15, -0.1) is 11.8 Å². The number of ether oxygens (including phenoxy) is 3. The highest BCUT2D eigenvalue weighted by molar-refractivity contribution is 7.98. The third-order valence-corrected chi connectivity index (χ3v) is 10.9. The Kier molecular flexibility index (Phi) is 21.5. The molecule has 404 valence electrons. The van der Waals surface area contributed by atoms with Crippen LogP contribution >= 0.6 is 11.8 Å². The van der Waals surface area contributed by atoms with Gasteiger partial charge in [-0.05, 0) is 154 Å². The number of halogens is 3. The van der Waals surface area contributed by atoms with Gasteiger partial charge in [0.05, 0.1) is 18.2 Å². The van der Waals surface area contributed by atoms with Gasteiger partial charge in [-0.25, -0.2) is 14.4 Å². The van der Waals surface area contributed by atoms with Gasteiger partial charge >= 0.3 is 30.2 Å². The van der Waals surface area contributed by atoms with E-state index in [1.165, 1.54) is 49.2 Å². The van der Waals surface area contributed by atoms with E-state index in [0.29, 0.717) is 63.0 Å². The first kappa shape index (κ1) is 59.2. The number of anilines is 6. The zero-order chi connectivity index (χ0) is 56.8. The first-order valence-corrected chi connectivity index (χ1v) is 24.5. The molecule has 0 bridgehead atoms. The van der Waals surface area contributed by atoms with Gasteiger partial charge in [-0.1, -0.05) is 54.6 Å². The Morgan fingerprint density at radius 2 is 0.962 bits per heavy atom. The van der Waals surface area contributed by atoms with E-state index in [1.54, 1.807) is 129 Å². The van der Waals surface area contributed by atoms with E-state index in [4.69, 9.17) is 14.6 Å². The van der Waals surface area contributed by atoms with Crippen molar-refractivity contribution in [2.75, 3.05) is 45.3 Å². The fourth-order valence-electron chi connectivity index (χ4n) is 6.47. The Balaban J connectivity index is 0.000000216. The number of amides is 6. The van der Waals surface area contributed by atoms with Gasteiger partial charge in [0.15, 0.2) is 0 Å². The van der Waals surface area contributed by atoms with Gasteiger partial charge in [-0.3, -0.25) is 29.8 Å². The minimum atomic E-state index is -4.95. The Hall–Kier alpha value is -9.63. The summed E-state index contributed by atoms with van der Waals surface area (Å²) in [4.78, 5) is 82.6. The van der Waals surface area contributed by atoms with Crippen LogP contribution in [0.15, 0.2) is 181 Å². The lowest BCUT2D eigenvalue weighted by Gasteiger charge is -2.19. The van der Waals surface area contributed by atoms with Crippen LogP contribution in [0.1, 0.15) is 67.8 Å². The van der Waals surface area contributed by atoms with E-state index in [-0.39, 0.29) is 23.4 Å². The van der Waals surface area contributed by atoms with E-state index in [1.807, 2.05) is 48.7 Å². The second-order valence-electron chi connectivity index (χ2n) is 17.2. The second-order valence-corrected chi connectivity index (χ2v) is 18.0. The van der Waals surface area contributed by atoms with Gasteiger partial charge in [-0.2, -0.15) is 13.2 Å². The molecule has 0 spiro atoms. The van der Waals surface area contributed by atoms with Crippen LogP contribution in [-0.4, -0.2) is 72.0 Å². The minimum Gasteiger partial charge on any atom is -0.489 e. The zero-order valence-corrected chi connectivity index (χ0v) is 43.3. The van der Waals surface area contributed by atoms with Gasteiger partial charge in [0.1, 0.15) is 18.0 Å². The Labute approximate surface area is 450 Å². The van der Waals surface area contributed by atoms with Crippen LogP contribution < -0.4 is 36.6 Å². The number of methoxy groups -OCH3 is 1. The number of carbonyl (C=O) groups is 7. The normalized spacial score (nSPS) is 10.6. The predicted octanol–water partition coefficient (Wildman–Crippen LogP) is 12.8. The number of alkyl halides is 3. The van der Waals surface area contributed by atoms with Crippen LogP contribution in [0.5, 0.6) is 5.75 Å². The van der Waals surface area contributed by atoms with Crippen molar-refractivity contribution in [3.05, 3.63) is 204 Å². The van der Waals surface area contributed by atoms with Crippen molar-refractivity contribution in [1.82, 2.24) is 0 Å². The molecule has 7 aromatic carbocycles. The smallest absolute Gasteiger partial charge is 0.471 e. The van der Waals surface area contributed by atoms with Crippen molar-refractivity contribution in [2.24, 2.45) is 0 Å². The molecule has 0 heterocycles. The molecule has 0 aliphatic rings. The molecule has 7 N–H and O–H groups in total. The standard InChI is InChI=1S/C21H18N2O4.C20H22N2O5.C16H13F3N2O2S/c24-20(22-17-9-11-18(12-10-17)23-21(25)26)16-7-4-8-19(13-16)27-14-15-5-2-1-3-6-15;1-20(2,3)27-19(25)22-16-10-8-15(9-11-16)21-17(23)13-6-5-7-14(12-13)18(24)26-4;1-24-13-5-3-2-4-12(13)14(22)20-10-6-8-11(9-7-10)21-15(23)16(17,18)19/h1-13,23H,14H2,(H,22,24)(H,25,26);5-12H,1-4H3,(H,21,23)(H,22,25);2-9H,1H3,(H,20,22)(H,21,23). The van der Waals surface area contributed by atoms with Crippen molar-refractivity contribution in [1.29, 1.82) is 0 Å². The Morgan fingerprint density at radius 3 is 1.46 bits per heavy atom. The van der Waals surface area contributed by atoms with Crippen molar-refractivity contribution < 1.29 is 66.1 Å².